The zero-order valence-electron chi connectivity index (χ0n) is 18.3. The number of carbonyl (C=O) groups is 2. The van der Waals surface area contributed by atoms with Crippen LogP contribution in [0.1, 0.15) is 23.6 Å². The molecule has 0 saturated heterocycles. The summed E-state index contributed by atoms with van der Waals surface area (Å²) in [4.78, 5) is 25.6. The average Bonchev–Trinajstić information content (AvgIpc) is 2.69. The van der Waals surface area contributed by atoms with E-state index in [1.807, 2.05) is 19.9 Å². The van der Waals surface area contributed by atoms with E-state index < -0.39 is 22.5 Å². The lowest BCUT2D eigenvalue weighted by atomic mass is 10.1. The van der Waals surface area contributed by atoms with Crippen molar-refractivity contribution >= 4 is 33.3 Å². The fourth-order valence-electron chi connectivity index (χ4n) is 3.66. The van der Waals surface area contributed by atoms with Crippen molar-refractivity contribution < 1.29 is 27.5 Å². The van der Waals surface area contributed by atoms with E-state index in [1.165, 1.54) is 20.1 Å². The number of hydrogen-bond acceptors (Lipinski definition) is 6. The lowest BCUT2D eigenvalue weighted by Crippen LogP contribution is -2.38. The van der Waals surface area contributed by atoms with E-state index >= 15 is 0 Å². The zero-order valence-corrected chi connectivity index (χ0v) is 19.1. The van der Waals surface area contributed by atoms with Gasteiger partial charge in [-0.2, -0.15) is 0 Å². The van der Waals surface area contributed by atoms with Crippen LogP contribution in [0.4, 0.5) is 11.4 Å². The number of carbonyl (C=O) groups excluding carboxylic acids is 2. The molecule has 0 unspecified atom stereocenters. The van der Waals surface area contributed by atoms with Gasteiger partial charge >= 0.3 is 5.97 Å². The monoisotopic (exact) mass is 446 g/mol. The molecule has 9 heteroatoms. The Morgan fingerprint density at radius 2 is 1.74 bits per heavy atom. The molecule has 0 aliphatic carbocycles. The molecule has 0 fully saturated rings. The molecule has 0 bridgehead atoms. The minimum Gasteiger partial charge on any atom is -0.489 e. The Kier molecular flexibility index (Phi) is 6.26. The first-order valence-electron chi connectivity index (χ1n) is 9.78. The molecule has 0 aromatic heterocycles. The molecule has 8 nitrogen and oxygen atoms in total. The molecule has 1 amide bonds. The van der Waals surface area contributed by atoms with Crippen LogP contribution in [0, 0.1) is 20.8 Å². The lowest BCUT2D eigenvalue weighted by Gasteiger charge is -2.30. The number of anilines is 2. The van der Waals surface area contributed by atoms with Crippen molar-refractivity contribution in [3.63, 3.8) is 0 Å². The molecule has 1 aliphatic rings. The van der Waals surface area contributed by atoms with Gasteiger partial charge in [0.1, 0.15) is 18.9 Å². The van der Waals surface area contributed by atoms with Gasteiger partial charge in [0.05, 0.1) is 29.9 Å². The van der Waals surface area contributed by atoms with Gasteiger partial charge in [-0.1, -0.05) is 6.07 Å². The second-order valence-corrected chi connectivity index (χ2v) is 9.37. The van der Waals surface area contributed by atoms with Gasteiger partial charge in [-0.15, -0.1) is 0 Å². The molecule has 0 radical (unpaired) electrons. The number of amides is 1. The first kappa shape index (κ1) is 22.6. The fourth-order valence-corrected chi connectivity index (χ4v) is 5.28. The minimum atomic E-state index is -4.15. The topological polar surface area (TPSA) is 93.2 Å². The minimum absolute atomic E-state index is 0.000265. The standard InChI is InChI=1S/C22H26N2O6S/c1-14-8-15(2)10-18(9-14)24(13-22(26)29-5)31(27,28)21-12-20-19(11-16(21)3)23(17(4)25)6-7-30-20/h8-12H,6-7,13H2,1-5H3. The fraction of sp³-hybridized carbons (Fsp3) is 0.364. The predicted molar refractivity (Wildman–Crippen MR) is 117 cm³/mol. The van der Waals surface area contributed by atoms with Gasteiger partial charge in [-0.3, -0.25) is 13.9 Å². The second kappa shape index (κ2) is 8.58. The maximum absolute atomic E-state index is 13.7. The molecule has 2 aromatic rings. The third-order valence-corrected chi connectivity index (χ3v) is 6.98. The summed E-state index contributed by atoms with van der Waals surface area (Å²) in [6.45, 7) is 6.99. The molecule has 0 N–H and O–H groups in total. The number of fused-ring (bicyclic) bond motifs is 1. The van der Waals surface area contributed by atoms with Crippen molar-refractivity contribution in [2.45, 2.75) is 32.6 Å². The summed E-state index contributed by atoms with van der Waals surface area (Å²) in [7, 11) is -2.93. The normalized spacial score (nSPS) is 13.3. The smallest absolute Gasteiger partial charge is 0.326 e. The van der Waals surface area contributed by atoms with Crippen LogP contribution >= 0.6 is 0 Å². The number of aryl methyl sites for hydroxylation is 3. The number of methoxy groups -OCH3 is 1. The maximum Gasteiger partial charge on any atom is 0.326 e. The Morgan fingerprint density at radius 3 is 2.32 bits per heavy atom. The predicted octanol–water partition coefficient (Wildman–Crippen LogP) is 2.73. The Labute approximate surface area is 182 Å². The highest BCUT2D eigenvalue weighted by Gasteiger charge is 2.32. The molecule has 166 valence electrons. The first-order chi connectivity index (χ1) is 14.5. The quantitative estimate of drug-likeness (QED) is 0.656. The summed E-state index contributed by atoms with van der Waals surface area (Å²) in [6, 6.07) is 8.37. The molecule has 1 heterocycles. The Bertz CT molecular complexity index is 1120. The van der Waals surface area contributed by atoms with Crippen LogP contribution in [0.3, 0.4) is 0 Å². The van der Waals surface area contributed by atoms with Gasteiger partial charge in [0, 0.05) is 13.0 Å². The summed E-state index contributed by atoms with van der Waals surface area (Å²) in [5, 5.41) is 0. The van der Waals surface area contributed by atoms with Crippen LogP contribution in [0.25, 0.3) is 0 Å². The average molecular weight is 447 g/mol. The van der Waals surface area contributed by atoms with E-state index in [9.17, 15) is 18.0 Å². The number of esters is 1. The summed E-state index contributed by atoms with van der Waals surface area (Å²) >= 11 is 0. The number of sulfonamides is 1. The van der Waals surface area contributed by atoms with Crippen LogP contribution in [0.15, 0.2) is 35.2 Å². The van der Waals surface area contributed by atoms with Gasteiger partial charge in [-0.05, 0) is 55.7 Å². The largest absolute Gasteiger partial charge is 0.489 e. The molecule has 31 heavy (non-hydrogen) atoms. The molecular formula is C22H26N2O6S. The number of rotatable bonds is 5. The third kappa shape index (κ3) is 4.51. The van der Waals surface area contributed by atoms with Crippen LogP contribution in [-0.4, -0.2) is 47.1 Å². The van der Waals surface area contributed by atoms with E-state index in [0.29, 0.717) is 29.2 Å². The highest BCUT2D eigenvalue weighted by molar-refractivity contribution is 7.93. The van der Waals surface area contributed by atoms with Crippen molar-refractivity contribution in [2.75, 3.05) is 36.0 Å². The first-order valence-corrected chi connectivity index (χ1v) is 11.2. The third-order valence-electron chi connectivity index (χ3n) is 5.06. The van der Waals surface area contributed by atoms with Crippen LogP contribution in [0.5, 0.6) is 5.75 Å². The Morgan fingerprint density at radius 1 is 1.10 bits per heavy atom. The molecule has 3 rings (SSSR count). The van der Waals surface area contributed by atoms with Crippen LogP contribution in [-0.2, 0) is 24.3 Å². The number of nitrogens with zero attached hydrogens (tertiary/aromatic N) is 2. The second-order valence-electron chi connectivity index (χ2n) is 7.54. The molecule has 0 spiro atoms. The van der Waals surface area contributed by atoms with E-state index in [2.05, 4.69) is 0 Å². The van der Waals surface area contributed by atoms with Gasteiger partial charge in [0.15, 0.2) is 0 Å². The van der Waals surface area contributed by atoms with E-state index in [1.54, 1.807) is 30.0 Å². The summed E-state index contributed by atoms with van der Waals surface area (Å²) < 4.78 is 38.9. The highest BCUT2D eigenvalue weighted by Crippen LogP contribution is 2.38. The van der Waals surface area contributed by atoms with Crippen molar-refractivity contribution in [1.82, 2.24) is 0 Å². The Hall–Kier alpha value is -3.07. The SMILES string of the molecule is COC(=O)CN(c1cc(C)cc(C)c1)S(=O)(=O)c1cc2c(cc1C)N(C(C)=O)CCO2. The molecule has 0 atom stereocenters. The highest BCUT2D eigenvalue weighted by atomic mass is 32.2. The summed E-state index contributed by atoms with van der Waals surface area (Å²) in [6.07, 6.45) is 0. The number of benzene rings is 2. The van der Waals surface area contributed by atoms with Crippen molar-refractivity contribution in [2.24, 2.45) is 0 Å². The number of hydrogen-bond donors (Lipinski definition) is 0. The van der Waals surface area contributed by atoms with E-state index in [-0.39, 0.29) is 17.4 Å². The van der Waals surface area contributed by atoms with Gasteiger partial charge in [0.25, 0.3) is 10.0 Å². The van der Waals surface area contributed by atoms with Gasteiger partial charge < -0.3 is 14.4 Å². The van der Waals surface area contributed by atoms with Crippen molar-refractivity contribution in [1.29, 1.82) is 0 Å². The summed E-state index contributed by atoms with van der Waals surface area (Å²) in [5.74, 6) is -0.525. The Balaban J connectivity index is 2.16. The number of ether oxygens (including phenoxy) is 2. The molecule has 2 aromatic carbocycles. The van der Waals surface area contributed by atoms with E-state index in [0.717, 1.165) is 15.4 Å². The summed E-state index contributed by atoms with van der Waals surface area (Å²) in [5.41, 5.74) is 3.06. The van der Waals surface area contributed by atoms with Gasteiger partial charge in [0.2, 0.25) is 5.91 Å². The van der Waals surface area contributed by atoms with Crippen LogP contribution in [0.2, 0.25) is 0 Å². The molecule has 0 saturated carbocycles. The van der Waals surface area contributed by atoms with Crippen molar-refractivity contribution in [3.05, 3.63) is 47.0 Å². The lowest BCUT2D eigenvalue weighted by molar-refractivity contribution is -0.138. The molecular weight excluding hydrogens is 420 g/mol. The zero-order chi connectivity index (χ0) is 22.9. The maximum atomic E-state index is 13.7. The molecule has 1 aliphatic heterocycles. The van der Waals surface area contributed by atoms with Gasteiger partial charge in [-0.25, -0.2) is 8.42 Å². The van der Waals surface area contributed by atoms with Crippen LogP contribution < -0.4 is 13.9 Å². The van der Waals surface area contributed by atoms with E-state index in [4.69, 9.17) is 9.47 Å². The van der Waals surface area contributed by atoms with Crippen molar-refractivity contribution in [3.8, 4) is 5.75 Å².